The van der Waals surface area contributed by atoms with Crippen LogP contribution in [0.25, 0.3) is 0 Å². The zero-order chi connectivity index (χ0) is 12.3. The molecule has 0 unspecified atom stereocenters. The summed E-state index contributed by atoms with van der Waals surface area (Å²) in [5, 5.41) is 0. The van der Waals surface area contributed by atoms with Crippen molar-refractivity contribution in [2.24, 2.45) is 0 Å². The standard InChI is InChI=1S/C9H7F3O3S/c1-14-8(13)6-3-2-5(16)4-7(6)15-9(10,11)12/h2-4,16H,1H3. The van der Waals surface area contributed by atoms with Gasteiger partial charge < -0.3 is 9.47 Å². The van der Waals surface area contributed by atoms with Crippen LogP contribution in [-0.4, -0.2) is 19.4 Å². The summed E-state index contributed by atoms with van der Waals surface area (Å²) in [6, 6.07) is 3.50. The minimum Gasteiger partial charge on any atom is -0.465 e. The van der Waals surface area contributed by atoms with Gasteiger partial charge in [-0.25, -0.2) is 4.79 Å². The van der Waals surface area contributed by atoms with Crippen LogP contribution in [0, 0.1) is 0 Å². The molecule has 3 nitrogen and oxygen atoms in total. The van der Waals surface area contributed by atoms with Crippen LogP contribution in [-0.2, 0) is 4.74 Å². The molecule has 0 aliphatic rings. The van der Waals surface area contributed by atoms with Gasteiger partial charge >= 0.3 is 12.3 Å². The number of ether oxygens (including phenoxy) is 2. The third-order valence-electron chi connectivity index (χ3n) is 1.60. The smallest absolute Gasteiger partial charge is 0.465 e. The van der Waals surface area contributed by atoms with Crippen LogP contribution >= 0.6 is 12.6 Å². The average Bonchev–Trinajstić information content (AvgIpc) is 2.14. The van der Waals surface area contributed by atoms with Crippen LogP contribution in [0.5, 0.6) is 5.75 Å². The zero-order valence-corrected chi connectivity index (χ0v) is 8.93. The van der Waals surface area contributed by atoms with Crippen molar-refractivity contribution in [3.63, 3.8) is 0 Å². The Kier molecular flexibility index (Phi) is 3.69. The summed E-state index contributed by atoms with van der Waals surface area (Å²) in [7, 11) is 1.06. The normalized spacial score (nSPS) is 11.1. The molecular weight excluding hydrogens is 245 g/mol. The number of halogens is 3. The molecule has 0 saturated carbocycles. The molecule has 16 heavy (non-hydrogen) atoms. The van der Waals surface area contributed by atoms with Crippen molar-refractivity contribution < 1.29 is 27.4 Å². The number of alkyl halides is 3. The zero-order valence-electron chi connectivity index (χ0n) is 8.04. The molecule has 88 valence electrons. The lowest BCUT2D eigenvalue weighted by Crippen LogP contribution is -2.19. The summed E-state index contributed by atoms with van der Waals surface area (Å²) in [5.41, 5.74) is -0.308. The van der Waals surface area contributed by atoms with Crippen LogP contribution in [0.15, 0.2) is 23.1 Å². The Morgan fingerprint density at radius 1 is 1.38 bits per heavy atom. The van der Waals surface area contributed by atoms with E-state index in [1.807, 2.05) is 0 Å². The second kappa shape index (κ2) is 4.65. The summed E-state index contributed by atoms with van der Waals surface area (Å²) >= 11 is 3.85. The number of rotatable bonds is 2. The van der Waals surface area contributed by atoms with Crippen molar-refractivity contribution in [1.29, 1.82) is 0 Å². The van der Waals surface area contributed by atoms with Gasteiger partial charge in [-0.05, 0) is 18.2 Å². The van der Waals surface area contributed by atoms with E-state index in [1.165, 1.54) is 6.07 Å². The summed E-state index contributed by atoms with van der Waals surface area (Å²) in [4.78, 5) is 11.4. The Balaban J connectivity index is 3.13. The molecule has 1 aromatic rings. The second-order valence-electron chi connectivity index (χ2n) is 2.72. The number of carbonyl (C=O) groups excluding carboxylic acids is 1. The van der Waals surface area contributed by atoms with Gasteiger partial charge in [0.2, 0.25) is 0 Å². The molecule has 0 aliphatic heterocycles. The fourth-order valence-corrected chi connectivity index (χ4v) is 1.19. The van der Waals surface area contributed by atoms with Crippen LogP contribution < -0.4 is 4.74 Å². The van der Waals surface area contributed by atoms with Crippen LogP contribution in [0.1, 0.15) is 10.4 Å². The Morgan fingerprint density at radius 2 is 2.00 bits per heavy atom. The molecule has 0 fully saturated rings. The lowest BCUT2D eigenvalue weighted by molar-refractivity contribution is -0.274. The Hall–Kier alpha value is -1.37. The molecule has 0 N–H and O–H groups in total. The van der Waals surface area contributed by atoms with Crippen molar-refractivity contribution in [3.8, 4) is 5.75 Å². The Morgan fingerprint density at radius 3 is 2.50 bits per heavy atom. The van der Waals surface area contributed by atoms with E-state index in [-0.39, 0.29) is 10.5 Å². The van der Waals surface area contributed by atoms with Gasteiger partial charge in [0.05, 0.1) is 7.11 Å². The van der Waals surface area contributed by atoms with E-state index in [4.69, 9.17) is 0 Å². The summed E-state index contributed by atoms with van der Waals surface area (Å²) < 4.78 is 44.1. The number of hydrogen-bond donors (Lipinski definition) is 1. The molecule has 0 spiro atoms. The monoisotopic (exact) mass is 252 g/mol. The lowest BCUT2D eigenvalue weighted by Gasteiger charge is -2.12. The Labute approximate surface area is 94.6 Å². The van der Waals surface area contributed by atoms with Gasteiger partial charge in [-0.2, -0.15) is 0 Å². The van der Waals surface area contributed by atoms with Crippen LogP contribution in [0.2, 0.25) is 0 Å². The first-order valence-corrected chi connectivity index (χ1v) is 4.45. The predicted molar refractivity (Wildman–Crippen MR) is 51.7 cm³/mol. The van der Waals surface area contributed by atoms with Gasteiger partial charge in [0.1, 0.15) is 11.3 Å². The van der Waals surface area contributed by atoms with Gasteiger partial charge in [0.15, 0.2) is 0 Å². The molecule has 1 rings (SSSR count). The molecule has 0 radical (unpaired) electrons. The van der Waals surface area contributed by atoms with E-state index in [1.54, 1.807) is 0 Å². The van der Waals surface area contributed by atoms with E-state index < -0.39 is 18.1 Å². The molecule has 0 aliphatic carbocycles. The average molecular weight is 252 g/mol. The number of esters is 1. The predicted octanol–water partition coefficient (Wildman–Crippen LogP) is 2.66. The molecule has 0 amide bonds. The second-order valence-corrected chi connectivity index (χ2v) is 3.24. The van der Waals surface area contributed by atoms with E-state index in [0.29, 0.717) is 0 Å². The highest BCUT2D eigenvalue weighted by atomic mass is 32.1. The fraction of sp³-hybridized carbons (Fsp3) is 0.222. The number of carbonyl (C=O) groups is 1. The number of benzene rings is 1. The third-order valence-corrected chi connectivity index (χ3v) is 1.87. The SMILES string of the molecule is COC(=O)c1ccc(S)cc1OC(F)(F)F. The van der Waals surface area contributed by atoms with Crippen molar-refractivity contribution in [3.05, 3.63) is 23.8 Å². The van der Waals surface area contributed by atoms with Crippen molar-refractivity contribution in [2.75, 3.05) is 7.11 Å². The summed E-state index contributed by atoms with van der Waals surface area (Å²) in [6.45, 7) is 0. The molecule has 0 aromatic heterocycles. The van der Waals surface area contributed by atoms with Crippen molar-refractivity contribution in [2.45, 2.75) is 11.3 Å². The molecule has 1 aromatic carbocycles. The Bertz CT molecular complexity index is 403. The van der Waals surface area contributed by atoms with E-state index >= 15 is 0 Å². The minimum absolute atomic E-state index is 0.243. The molecule has 7 heteroatoms. The first kappa shape index (κ1) is 12.7. The molecule has 0 bridgehead atoms. The first-order chi connectivity index (χ1) is 7.33. The maximum absolute atomic E-state index is 12.0. The van der Waals surface area contributed by atoms with Crippen LogP contribution in [0.3, 0.4) is 0 Å². The van der Waals surface area contributed by atoms with Gasteiger partial charge in [-0.1, -0.05) is 0 Å². The number of thiol groups is 1. The van der Waals surface area contributed by atoms with E-state index in [0.717, 1.165) is 19.2 Å². The van der Waals surface area contributed by atoms with Crippen molar-refractivity contribution >= 4 is 18.6 Å². The molecular formula is C9H7F3O3S. The van der Waals surface area contributed by atoms with Crippen molar-refractivity contribution in [1.82, 2.24) is 0 Å². The topological polar surface area (TPSA) is 35.5 Å². The highest BCUT2D eigenvalue weighted by Crippen LogP contribution is 2.29. The van der Waals surface area contributed by atoms with Crippen LogP contribution in [0.4, 0.5) is 13.2 Å². The number of hydrogen-bond acceptors (Lipinski definition) is 4. The molecule has 0 saturated heterocycles. The fourth-order valence-electron chi connectivity index (χ4n) is 0.999. The quantitative estimate of drug-likeness (QED) is 0.649. The lowest BCUT2D eigenvalue weighted by atomic mass is 10.2. The maximum atomic E-state index is 12.0. The van der Waals surface area contributed by atoms with E-state index in [9.17, 15) is 18.0 Å². The van der Waals surface area contributed by atoms with E-state index in [2.05, 4.69) is 22.1 Å². The minimum atomic E-state index is -4.87. The highest BCUT2D eigenvalue weighted by molar-refractivity contribution is 7.80. The number of methoxy groups -OCH3 is 1. The van der Waals surface area contributed by atoms with Gasteiger partial charge in [-0.15, -0.1) is 25.8 Å². The highest BCUT2D eigenvalue weighted by Gasteiger charge is 2.33. The maximum Gasteiger partial charge on any atom is 0.573 e. The van der Waals surface area contributed by atoms with Gasteiger partial charge in [0, 0.05) is 4.90 Å². The first-order valence-electron chi connectivity index (χ1n) is 4.00. The third kappa shape index (κ3) is 3.34. The summed E-state index contributed by atoms with van der Waals surface area (Å²) in [5.74, 6) is -1.54. The largest absolute Gasteiger partial charge is 0.573 e. The van der Waals surface area contributed by atoms with Gasteiger partial charge in [0.25, 0.3) is 0 Å². The summed E-state index contributed by atoms with van der Waals surface area (Å²) in [6.07, 6.45) is -4.87. The molecule has 0 heterocycles. The van der Waals surface area contributed by atoms with Gasteiger partial charge in [-0.3, -0.25) is 0 Å². The molecule has 0 atom stereocenters.